The molecule has 4 heteroatoms. The Bertz CT molecular complexity index is 644. The molecular formula is C17H18BrNO2. The van der Waals surface area contributed by atoms with E-state index in [2.05, 4.69) is 46.4 Å². The first-order valence-corrected chi connectivity index (χ1v) is 7.79. The minimum absolute atomic E-state index is 0.231. The van der Waals surface area contributed by atoms with Crippen molar-refractivity contribution in [3.63, 3.8) is 0 Å². The molecule has 1 aliphatic heterocycles. The smallest absolute Gasteiger partial charge is 0.124 e. The normalized spacial score (nSPS) is 20.3. The van der Waals surface area contributed by atoms with Crippen LogP contribution in [0.2, 0.25) is 0 Å². The summed E-state index contributed by atoms with van der Waals surface area (Å²) in [6, 6.07) is 14.5. The second kappa shape index (κ2) is 5.98. The minimum atomic E-state index is 0.231. The summed E-state index contributed by atoms with van der Waals surface area (Å²) in [4.78, 5) is 0. The molecule has 0 aliphatic carbocycles. The first-order chi connectivity index (χ1) is 10.2. The van der Waals surface area contributed by atoms with Crippen LogP contribution in [-0.2, 0) is 0 Å². The van der Waals surface area contributed by atoms with Gasteiger partial charge in [-0.2, -0.15) is 0 Å². The number of methoxy groups -OCH3 is 1. The predicted molar refractivity (Wildman–Crippen MR) is 88.2 cm³/mol. The van der Waals surface area contributed by atoms with Crippen molar-refractivity contribution < 1.29 is 9.47 Å². The van der Waals surface area contributed by atoms with E-state index in [4.69, 9.17) is 9.47 Å². The Morgan fingerprint density at radius 1 is 1.24 bits per heavy atom. The summed E-state index contributed by atoms with van der Waals surface area (Å²) < 4.78 is 12.1. The largest absolute Gasteiger partial charge is 0.497 e. The highest BCUT2D eigenvalue weighted by molar-refractivity contribution is 9.10. The lowest BCUT2D eigenvalue weighted by Gasteiger charge is -2.32. The van der Waals surface area contributed by atoms with Crippen LogP contribution in [0, 0.1) is 5.92 Å². The molecule has 0 bridgehead atoms. The van der Waals surface area contributed by atoms with Gasteiger partial charge >= 0.3 is 0 Å². The van der Waals surface area contributed by atoms with Crippen molar-refractivity contribution in [1.29, 1.82) is 0 Å². The molecule has 21 heavy (non-hydrogen) atoms. The third kappa shape index (κ3) is 3.00. The van der Waals surface area contributed by atoms with E-state index < -0.39 is 0 Å². The second-order valence-corrected chi connectivity index (χ2v) is 6.24. The van der Waals surface area contributed by atoms with E-state index in [-0.39, 0.29) is 6.04 Å². The fraction of sp³-hybridized carbons (Fsp3) is 0.294. The molecule has 0 radical (unpaired) electrons. The Morgan fingerprint density at radius 3 is 2.86 bits per heavy atom. The molecule has 0 aromatic heterocycles. The summed E-state index contributed by atoms with van der Waals surface area (Å²) in [5, 5.41) is 3.61. The maximum absolute atomic E-state index is 5.80. The first kappa shape index (κ1) is 14.3. The molecule has 0 spiro atoms. The maximum Gasteiger partial charge on any atom is 0.124 e. The number of rotatable bonds is 3. The Hall–Kier alpha value is -1.68. The van der Waals surface area contributed by atoms with Crippen LogP contribution in [0.15, 0.2) is 46.9 Å². The van der Waals surface area contributed by atoms with Crippen molar-refractivity contribution in [2.24, 2.45) is 5.92 Å². The summed E-state index contributed by atoms with van der Waals surface area (Å²) in [5.74, 6) is 2.19. The van der Waals surface area contributed by atoms with Crippen LogP contribution in [0.5, 0.6) is 11.5 Å². The van der Waals surface area contributed by atoms with Gasteiger partial charge in [-0.05, 0) is 18.2 Å². The van der Waals surface area contributed by atoms with Gasteiger partial charge in [0.05, 0.1) is 19.8 Å². The average Bonchev–Trinajstić information content (AvgIpc) is 2.49. The van der Waals surface area contributed by atoms with Crippen LogP contribution < -0.4 is 14.8 Å². The molecule has 3 nitrogen and oxygen atoms in total. The van der Waals surface area contributed by atoms with Gasteiger partial charge in [0, 0.05) is 27.7 Å². The summed E-state index contributed by atoms with van der Waals surface area (Å²) in [7, 11) is 1.68. The molecule has 0 saturated heterocycles. The highest BCUT2D eigenvalue weighted by Crippen LogP contribution is 2.38. The lowest BCUT2D eigenvalue weighted by Crippen LogP contribution is -2.28. The zero-order valence-corrected chi connectivity index (χ0v) is 13.7. The Kier molecular flexibility index (Phi) is 4.06. The van der Waals surface area contributed by atoms with Gasteiger partial charge in [0.1, 0.15) is 11.5 Å². The highest BCUT2D eigenvalue weighted by Gasteiger charge is 2.27. The Morgan fingerprint density at radius 2 is 2.05 bits per heavy atom. The number of hydrogen-bond donors (Lipinski definition) is 1. The molecule has 0 amide bonds. The summed E-state index contributed by atoms with van der Waals surface area (Å²) >= 11 is 3.52. The molecule has 110 valence electrons. The molecule has 2 unspecified atom stereocenters. The van der Waals surface area contributed by atoms with Crippen LogP contribution >= 0.6 is 15.9 Å². The molecule has 2 aromatic carbocycles. The van der Waals surface area contributed by atoms with Crippen molar-refractivity contribution in [1.82, 2.24) is 0 Å². The molecule has 0 fully saturated rings. The van der Waals surface area contributed by atoms with Crippen molar-refractivity contribution >= 4 is 21.6 Å². The van der Waals surface area contributed by atoms with E-state index in [1.165, 1.54) is 5.56 Å². The van der Waals surface area contributed by atoms with Crippen LogP contribution in [0.1, 0.15) is 18.5 Å². The average molecular weight is 348 g/mol. The van der Waals surface area contributed by atoms with Gasteiger partial charge in [-0.15, -0.1) is 0 Å². The van der Waals surface area contributed by atoms with E-state index in [1.807, 2.05) is 24.3 Å². The van der Waals surface area contributed by atoms with Gasteiger partial charge in [-0.3, -0.25) is 0 Å². The van der Waals surface area contributed by atoms with Crippen molar-refractivity contribution in [2.45, 2.75) is 13.0 Å². The number of fused-ring (bicyclic) bond motifs is 1. The second-order valence-electron chi connectivity index (χ2n) is 5.33. The van der Waals surface area contributed by atoms with Gasteiger partial charge in [0.15, 0.2) is 0 Å². The molecule has 1 N–H and O–H groups in total. The lowest BCUT2D eigenvalue weighted by atomic mass is 9.92. The minimum Gasteiger partial charge on any atom is -0.497 e. The predicted octanol–water partition coefficient (Wildman–Crippen LogP) is 4.64. The molecule has 2 aromatic rings. The van der Waals surface area contributed by atoms with E-state index in [0.717, 1.165) is 28.3 Å². The van der Waals surface area contributed by atoms with Crippen LogP contribution in [0.25, 0.3) is 0 Å². The fourth-order valence-corrected chi connectivity index (χ4v) is 3.13. The topological polar surface area (TPSA) is 30.5 Å². The van der Waals surface area contributed by atoms with Gasteiger partial charge in [0.2, 0.25) is 0 Å². The number of halogens is 1. The van der Waals surface area contributed by atoms with Crippen molar-refractivity contribution in [3.05, 3.63) is 52.5 Å². The van der Waals surface area contributed by atoms with E-state index >= 15 is 0 Å². The van der Waals surface area contributed by atoms with Crippen molar-refractivity contribution in [2.75, 3.05) is 19.0 Å². The lowest BCUT2D eigenvalue weighted by molar-refractivity contribution is 0.214. The highest BCUT2D eigenvalue weighted by atomic mass is 79.9. The molecule has 1 heterocycles. The first-order valence-electron chi connectivity index (χ1n) is 7.00. The SMILES string of the molecule is COc1cc(Br)cc(NC2c3ccccc3OCC2C)c1. The van der Waals surface area contributed by atoms with E-state index in [0.29, 0.717) is 5.92 Å². The van der Waals surface area contributed by atoms with E-state index in [1.54, 1.807) is 7.11 Å². The number of para-hydroxylation sites is 1. The van der Waals surface area contributed by atoms with Gasteiger partial charge in [-0.25, -0.2) is 0 Å². The zero-order chi connectivity index (χ0) is 14.8. The number of benzene rings is 2. The monoisotopic (exact) mass is 347 g/mol. The molecule has 0 saturated carbocycles. The van der Waals surface area contributed by atoms with E-state index in [9.17, 15) is 0 Å². The Labute approximate surface area is 133 Å². The molecule has 3 rings (SSSR count). The third-order valence-corrected chi connectivity index (χ3v) is 4.21. The fourth-order valence-electron chi connectivity index (χ4n) is 2.66. The van der Waals surface area contributed by atoms with Crippen LogP contribution in [-0.4, -0.2) is 13.7 Å². The van der Waals surface area contributed by atoms with Gasteiger partial charge in [0.25, 0.3) is 0 Å². The quantitative estimate of drug-likeness (QED) is 0.877. The third-order valence-electron chi connectivity index (χ3n) is 3.75. The molecule has 2 atom stereocenters. The summed E-state index contributed by atoms with van der Waals surface area (Å²) in [6.07, 6.45) is 0. The number of ether oxygens (including phenoxy) is 2. The Balaban J connectivity index is 1.92. The summed E-state index contributed by atoms with van der Waals surface area (Å²) in [5.41, 5.74) is 2.24. The van der Waals surface area contributed by atoms with Crippen molar-refractivity contribution in [3.8, 4) is 11.5 Å². The van der Waals surface area contributed by atoms with Crippen LogP contribution in [0.4, 0.5) is 5.69 Å². The molecule has 1 aliphatic rings. The number of nitrogens with one attached hydrogen (secondary N) is 1. The van der Waals surface area contributed by atoms with Gasteiger partial charge in [-0.1, -0.05) is 41.1 Å². The summed E-state index contributed by atoms with van der Waals surface area (Å²) in [6.45, 7) is 2.92. The van der Waals surface area contributed by atoms with Crippen LogP contribution in [0.3, 0.4) is 0 Å². The molecular weight excluding hydrogens is 330 g/mol. The zero-order valence-electron chi connectivity index (χ0n) is 12.1. The number of hydrogen-bond acceptors (Lipinski definition) is 3. The maximum atomic E-state index is 5.80. The van der Waals surface area contributed by atoms with Gasteiger partial charge < -0.3 is 14.8 Å². The standard InChI is InChI=1S/C17H18BrNO2/c1-11-10-21-16-6-4-3-5-15(16)17(11)19-13-7-12(18)8-14(9-13)20-2/h3-9,11,17,19H,10H2,1-2H3. The number of anilines is 1.